The van der Waals surface area contributed by atoms with Gasteiger partial charge in [0.25, 0.3) is 0 Å². The highest BCUT2D eigenvalue weighted by Gasteiger charge is 2.20. The van der Waals surface area contributed by atoms with Gasteiger partial charge in [0.15, 0.2) is 0 Å². The van der Waals surface area contributed by atoms with Crippen molar-refractivity contribution in [1.29, 1.82) is 0 Å². The van der Waals surface area contributed by atoms with Gasteiger partial charge in [-0.15, -0.1) is 0 Å². The summed E-state index contributed by atoms with van der Waals surface area (Å²) < 4.78 is 0. The van der Waals surface area contributed by atoms with Crippen LogP contribution in [0.25, 0.3) is 0 Å². The van der Waals surface area contributed by atoms with Crippen molar-refractivity contribution in [1.82, 2.24) is 10.6 Å². The molecule has 0 amide bonds. The van der Waals surface area contributed by atoms with Crippen molar-refractivity contribution in [3.63, 3.8) is 0 Å². The zero-order valence-electron chi connectivity index (χ0n) is 9.26. The molecule has 0 aliphatic heterocycles. The molecule has 0 heterocycles. The van der Waals surface area contributed by atoms with Crippen LogP contribution in [0.1, 0.15) is 39.0 Å². The van der Waals surface area contributed by atoms with Crippen molar-refractivity contribution in [3.8, 4) is 0 Å². The first-order valence-corrected chi connectivity index (χ1v) is 5.90. The lowest BCUT2D eigenvalue weighted by atomic mass is 10.2. The predicted octanol–water partition coefficient (Wildman–Crippen LogP) is 0.879. The fraction of sp³-hybridized carbons (Fsp3) is 1.00. The van der Waals surface area contributed by atoms with Gasteiger partial charge in [-0.1, -0.05) is 0 Å². The average molecular weight is 200 g/mol. The van der Waals surface area contributed by atoms with Crippen LogP contribution in [0, 0.1) is 0 Å². The van der Waals surface area contributed by atoms with E-state index in [2.05, 4.69) is 17.6 Å². The SMILES string of the molecule is CC(CNC1CC1)NCCCCCO. The Morgan fingerprint density at radius 1 is 1.29 bits per heavy atom. The number of nitrogens with one attached hydrogen (secondary N) is 2. The van der Waals surface area contributed by atoms with Gasteiger partial charge in [0.05, 0.1) is 0 Å². The molecule has 1 saturated carbocycles. The Morgan fingerprint density at radius 2 is 2.07 bits per heavy atom. The fourth-order valence-electron chi connectivity index (χ4n) is 1.47. The molecule has 0 saturated heterocycles. The number of aliphatic hydroxyl groups excluding tert-OH is 1. The van der Waals surface area contributed by atoms with Crippen molar-refractivity contribution >= 4 is 0 Å². The van der Waals surface area contributed by atoms with Gasteiger partial charge < -0.3 is 15.7 Å². The summed E-state index contributed by atoms with van der Waals surface area (Å²) in [5, 5.41) is 15.6. The second kappa shape index (κ2) is 7.21. The molecule has 14 heavy (non-hydrogen) atoms. The summed E-state index contributed by atoms with van der Waals surface area (Å²) in [6, 6.07) is 1.39. The van der Waals surface area contributed by atoms with E-state index in [-0.39, 0.29) is 0 Å². The van der Waals surface area contributed by atoms with Gasteiger partial charge in [0.1, 0.15) is 0 Å². The highest BCUT2D eigenvalue weighted by Crippen LogP contribution is 2.18. The van der Waals surface area contributed by atoms with Gasteiger partial charge in [0.2, 0.25) is 0 Å². The molecule has 84 valence electrons. The number of hydrogen-bond donors (Lipinski definition) is 3. The van der Waals surface area contributed by atoms with Crippen LogP contribution in [-0.2, 0) is 0 Å². The molecule has 3 nitrogen and oxygen atoms in total. The van der Waals surface area contributed by atoms with Crippen LogP contribution in [0.2, 0.25) is 0 Å². The van der Waals surface area contributed by atoms with Crippen LogP contribution >= 0.6 is 0 Å². The summed E-state index contributed by atoms with van der Waals surface area (Å²) in [5.41, 5.74) is 0. The van der Waals surface area contributed by atoms with Crippen LogP contribution in [0.15, 0.2) is 0 Å². The van der Waals surface area contributed by atoms with Crippen LogP contribution in [0.3, 0.4) is 0 Å². The molecule has 1 aliphatic rings. The molecule has 3 N–H and O–H groups in total. The first kappa shape index (κ1) is 12.0. The van der Waals surface area contributed by atoms with Crippen molar-refractivity contribution < 1.29 is 5.11 Å². The molecule has 0 aromatic rings. The first-order chi connectivity index (χ1) is 6.83. The molecule has 0 spiro atoms. The minimum atomic E-state index is 0.332. The van der Waals surface area contributed by atoms with Crippen molar-refractivity contribution in [2.75, 3.05) is 19.7 Å². The van der Waals surface area contributed by atoms with Gasteiger partial charge in [-0.3, -0.25) is 0 Å². The molecule has 0 aromatic heterocycles. The highest BCUT2D eigenvalue weighted by atomic mass is 16.2. The van der Waals surface area contributed by atoms with E-state index in [4.69, 9.17) is 5.11 Å². The molecular weight excluding hydrogens is 176 g/mol. The lowest BCUT2D eigenvalue weighted by Crippen LogP contribution is -2.37. The van der Waals surface area contributed by atoms with Gasteiger partial charge in [-0.25, -0.2) is 0 Å². The molecule has 1 aliphatic carbocycles. The summed E-state index contributed by atoms with van der Waals surface area (Å²) in [5.74, 6) is 0. The molecular formula is C11H24N2O. The molecule has 1 unspecified atom stereocenters. The van der Waals surface area contributed by atoms with E-state index in [1.807, 2.05) is 0 Å². The first-order valence-electron chi connectivity index (χ1n) is 5.90. The largest absolute Gasteiger partial charge is 0.396 e. The molecule has 1 rings (SSSR count). The second-order valence-electron chi connectivity index (χ2n) is 4.32. The Labute approximate surface area is 87.3 Å². The lowest BCUT2D eigenvalue weighted by Gasteiger charge is -2.14. The number of unbranched alkanes of at least 4 members (excludes halogenated alkanes) is 2. The molecule has 0 bridgehead atoms. The smallest absolute Gasteiger partial charge is 0.0431 e. The quantitative estimate of drug-likeness (QED) is 0.484. The molecule has 0 aromatic carbocycles. The van der Waals surface area contributed by atoms with E-state index >= 15 is 0 Å². The third-order valence-corrected chi connectivity index (χ3v) is 2.62. The van der Waals surface area contributed by atoms with Crippen LogP contribution in [0.4, 0.5) is 0 Å². The average Bonchev–Trinajstić information content (AvgIpc) is 2.98. The Morgan fingerprint density at radius 3 is 2.71 bits per heavy atom. The Balaban J connectivity index is 1.79. The monoisotopic (exact) mass is 200 g/mol. The zero-order valence-corrected chi connectivity index (χ0v) is 9.26. The van der Waals surface area contributed by atoms with Crippen LogP contribution in [-0.4, -0.2) is 36.9 Å². The van der Waals surface area contributed by atoms with Crippen molar-refractivity contribution in [3.05, 3.63) is 0 Å². The van der Waals surface area contributed by atoms with Crippen molar-refractivity contribution in [2.24, 2.45) is 0 Å². The van der Waals surface area contributed by atoms with E-state index in [1.54, 1.807) is 0 Å². The summed E-state index contributed by atoms with van der Waals surface area (Å²) >= 11 is 0. The van der Waals surface area contributed by atoms with E-state index in [0.29, 0.717) is 12.6 Å². The number of rotatable bonds is 9. The Bertz CT molecular complexity index is 137. The van der Waals surface area contributed by atoms with E-state index in [1.165, 1.54) is 19.3 Å². The molecule has 3 heteroatoms. The van der Waals surface area contributed by atoms with Crippen LogP contribution in [0.5, 0.6) is 0 Å². The van der Waals surface area contributed by atoms with Gasteiger partial charge in [0, 0.05) is 25.2 Å². The van der Waals surface area contributed by atoms with Gasteiger partial charge in [-0.05, 0) is 45.6 Å². The maximum atomic E-state index is 8.60. The maximum Gasteiger partial charge on any atom is 0.0431 e. The number of aliphatic hydroxyl groups is 1. The van der Waals surface area contributed by atoms with E-state index in [0.717, 1.165) is 32.0 Å². The minimum Gasteiger partial charge on any atom is -0.396 e. The standard InChI is InChI=1S/C11H24N2O/c1-10(9-13-11-5-6-11)12-7-3-2-4-8-14/h10-14H,2-9H2,1H3. The highest BCUT2D eigenvalue weighted by molar-refractivity contribution is 4.82. The Hall–Kier alpha value is -0.120. The van der Waals surface area contributed by atoms with Gasteiger partial charge in [-0.2, -0.15) is 0 Å². The van der Waals surface area contributed by atoms with Gasteiger partial charge >= 0.3 is 0 Å². The van der Waals surface area contributed by atoms with Crippen LogP contribution < -0.4 is 10.6 Å². The van der Waals surface area contributed by atoms with Crippen molar-refractivity contribution in [2.45, 2.75) is 51.1 Å². The predicted molar refractivity (Wildman–Crippen MR) is 59.4 cm³/mol. The summed E-state index contributed by atoms with van der Waals surface area (Å²) in [4.78, 5) is 0. The lowest BCUT2D eigenvalue weighted by molar-refractivity contribution is 0.282. The third kappa shape index (κ3) is 6.35. The summed E-state index contributed by atoms with van der Waals surface area (Å²) in [7, 11) is 0. The fourth-order valence-corrected chi connectivity index (χ4v) is 1.47. The maximum absolute atomic E-state index is 8.60. The summed E-state index contributed by atoms with van der Waals surface area (Å²) in [6.45, 7) is 4.72. The normalized spacial score (nSPS) is 18.4. The minimum absolute atomic E-state index is 0.332. The van der Waals surface area contributed by atoms with E-state index < -0.39 is 0 Å². The Kier molecular flexibility index (Phi) is 6.15. The summed E-state index contributed by atoms with van der Waals surface area (Å²) in [6.07, 6.45) is 5.98. The zero-order chi connectivity index (χ0) is 10.2. The number of hydrogen-bond acceptors (Lipinski definition) is 3. The molecule has 1 atom stereocenters. The molecule has 1 fully saturated rings. The third-order valence-electron chi connectivity index (χ3n) is 2.62. The topological polar surface area (TPSA) is 44.3 Å². The second-order valence-corrected chi connectivity index (χ2v) is 4.32. The molecule has 0 radical (unpaired) electrons. The van der Waals surface area contributed by atoms with E-state index in [9.17, 15) is 0 Å².